The number of fused-ring (bicyclic) bond motifs is 1. The lowest BCUT2D eigenvalue weighted by atomic mass is 10.1. The van der Waals surface area contributed by atoms with Crippen LogP contribution in [0.25, 0.3) is 10.9 Å². The van der Waals surface area contributed by atoms with Gasteiger partial charge in [-0.1, -0.05) is 6.07 Å². The van der Waals surface area contributed by atoms with Crippen molar-refractivity contribution in [3.8, 4) is 17.2 Å². The Kier molecular flexibility index (Phi) is 5.34. The molecule has 2 aromatic carbocycles. The highest BCUT2D eigenvalue weighted by molar-refractivity contribution is 6.11. The molecule has 158 valence electrons. The summed E-state index contributed by atoms with van der Waals surface area (Å²) in [6.07, 6.45) is -4.84. The molecule has 0 unspecified atom stereocenters. The fraction of sp³-hybridized carbons (Fsp3) is 0.200. The average molecular weight is 422 g/mol. The van der Waals surface area contributed by atoms with Crippen molar-refractivity contribution in [3.05, 3.63) is 58.4 Å². The Bertz CT molecular complexity index is 1170. The number of rotatable bonds is 4. The standard InChI is InChI=1S/C20H17F3N2O5/c1-24(11-7-9-12(10-8-11)30-20(21,22)23)18(27)16-17(26)15-13(25(2)19(16)28)5-4-6-14(15)29-3/h4-10,26H,1-3H3. The van der Waals surface area contributed by atoms with Gasteiger partial charge in [0.1, 0.15) is 22.8 Å². The van der Waals surface area contributed by atoms with Crippen LogP contribution < -0.4 is 19.9 Å². The fourth-order valence-corrected chi connectivity index (χ4v) is 3.06. The SMILES string of the molecule is COc1cccc2c1c(O)c(C(=O)N(C)c1ccc(OC(F)(F)F)cc1)c(=O)n2C. The third-order valence-corrected chi connectivity index (χ3v) is 4.55. The Morgan fingerprint density at radius 1 is 1.13 bits per heavy atom. The number of hydrogen-bond acceptors (Lipinski definition) is 5. The van der Waals surface area contributed by atoms with Gasteiger partial charge in [-0.3, -0.25) is 9.59 Å². The van der Waals surface area contributed by atoms with E-state index in [1.165, 1.54) is 37.9 Å². The van der Waals surface area contributed by atoms with Crippen molar-refractivity contribution in [2.24, 2.45) is 7.05 Å². The first-order valence-corrected chi connectivity index (χ1v) is 8.57. The largest absolute Gasteiger partial charge is 0.573 e. The van der Waals surface area contributed by atoms with E-state index < -0.39 is 34.9 Å². The number of carbonyl (C=O) groups is 1. The molecule has 1 aromatic heterocycles. The minimum atomic E-state index is -4.84. The lowest BCUT2D eigenvalue weighted by molar-refractivity contribution is -0.274. The zero-order valence-electron chi connectivity index (χ0n) is 16.1. The Hall–Kier alpha value is -3.69. The lowest BCUT2D eigenvalue weighted by Crippen LogP contribution is -2.34. The van der Waals surface area contributed by atoms with E-state index in [-0.39, 0.29) is 16.8 Å². The van der Waals surface area contributed by atoms with Crippen molar-refractivity contribution in [2.75, 3.05) is 19.1 Å². The highest BCUT2D eigenvalue weighted by atomic mass is 19.4. The number of aryl methyl sites for hydroxylation is 1. The number of alkyl halides is 3. The van der Waals surface area contributed by atoms with Crippen LogP contribution in [0.15, 0.2) is 47.3 Å². The number of halogens is 3. The number of anilines is 1. The molecular formula is C20H17F3N2O5. The fourth-order valence-electron chi connectivity index (χ4n) is 3.06. The summed E-state index contributed by atoms with van der Waals surface area (Å²) in [5.41, 5.74) is -0.671. The van der Waals surface area contributed by atoms with Gasteiger partial charge in [0.2, 0.25) is 0 Å². The molecule has 1 N–H and O–H groups in total. The first-order valence-electron chi connectivity index (χ1n) is 8.57. The van der Waals surface area contributed by atoms with E-state index in [0.29, 0.717) is 5.52 Å². The highest BCUT2D eigenvalue weighted by Crippen LogP contribution is 2.35. The molecule has 0 bridgehead atoms. The topological polar surface area (TPSA) is 81.0 Å². The van der Waals surface area contributed by atoms with Crippen LogP contribution in [0.1, 0.15) is 10.4 Å². The second-order valence-corrected chi connectivity index (χ2v) is 6.35. The smallest absolute Gasteiger partial charge is 0.506 e. The van der Waals surface area contributed by atoms with Gasteiger partial charge in [-0.25, -0.2) is 0 Å². The second kappa shape index (κ2) is 7.62. The maximum Gasteiger partial charge on any atom is 0.573 e. The van der Waals surface area contributed by atoms with Gasteiger partial charge < -0.3 is 24.0 Å². The van der Waals surface area contributed by atoms with E-state index in [1.54, 1.807) is 18.2 Å². The Labute approximate surface area is 168 Å². The van der Waals surface area contributed by atoms with Crippen LogP contribution in [0.2, 0.25) is 0 Å². The van der Waals surface area contributed by atoms with E-state index in [4.69, 9.17) is 4.74 Å². The quantitative estimate of drug-likeness (QED) is 0.697. The summed E-state index contributed by atoms with van der Waals surface area (Å²) in [5, 5.41) is 10.9. The van der Waals surface area contributed by atoms with Gasteiger partial charge in [0.15, 0.2) is 0 Å². The molecular weight excluding hydrogens is 405 g/mol. The summed E-state index contributed by atoms with van der Waals surface area (Å²) in [7, 11) is 4.16. The number of ether oxygens (including phenoxy) is 2. The van der Waals surface area contributed by atoms with Crippen LogP contribution in [0.3, 0.4) is 0 Å². The molecule has 0 radical (unpaired) electrons. The van der Waals surface area contributed by atoms with Crippen LogP contribution in [-0.4, -0.2) is 36.1 Å². The molecule has 30 heavy (non-hydrogen) atoms. The van der Waals surface area contributed by atoms with Gasteiger partial charge in [-0.2, -0.15) is 0 Å². The van der Waals surface area contributed by atoms with Gasteiger partial charge >= 0.3 is 6.36 Å². The molecule has 7 nitrogen and oxygen atoms in total. The van der Waals surface area contributed by atoms with E-state index in [9.17, 15) is 27.9 Å². The summed E-state index contributed by atoms with van der Waals surface area (Å²) in [6, 6.07) is 9.32. The van der Waals surface area contributed by atoms with E-state index in [1.807, 2.05) is 0 Å². The highest BCUT2D eigenvalue weighted by Gasteiger charge is 2.31. The summed E-state index contributed by atoms with van der Waals surface area (Å²) >= 11 is 0. The number of aromatic nitrogens is 1. The normalized spacial score (nSPS) is 11.4. The number of aromatic hydroxyl groups is 1. The molecule has 0 aliphatic heterocycles. The van der Waals surface area contributed by atoms with Gasteiger partial charge in [-0.15, -0.1) is 13.2 Å². The molecule has 0 saturated heterocycles. The predicted molar refractivity (Wildman–Crippen MR) is 103 cm³/mol. The predicted octanol–water partition coefficient (Wildman–Crippen LogP) is 3.43. The maximum absolute atomic E-state index is 13.0. The molecule has 3 rings (SSSR count). The Morgan fingerprint density at radius 2 is 1.77 bits per heavy atom. The first kappa shape index (κ1) is 21.0. The molecule has 10 heteroatoms. The van der Waals surface area contributed by atoms with E-state index in [2.05, 4.69) is 4.74 Å². The van der Waals surface area contributed by atoms with Crippen molar-refractivity contribution in [2.45, 2.75) is 6.36 Å². The molecule has 0 fully saturated rings. The zero-order chi connectivity index (χ0) is 22.2. The van der Waals surface area contributed by atoms with Crippen molar-refractivity contribution in [1.82, 2.24) is 4.57 Å². The van der Waals surface area contributed by atoms with Crippen molar-refractivity contribution >= 4 is 22.5 Å². The molecule has 0 atom stereocenters. The number of nitrogens with zero attached hydrogens (tertiary/aromatic N) is 2. The Morgan fingerprint density at radius 3 is 2.33 bits per heavy atom. The van der Waals surface area contributed by atoms with Crippen LogP contribution in [0.4, 0.5) is 18.9 Å². The molecule has 3 aromatic rings. The molecule has 0 spiro atoms. The third kappa shape index (κ3) is 3.76. The summed E-state index contributed by atoms with van der Waals surface area (Å²) in [5.74, 6) is -1.57. The van der Waals surface area contributed by atoms with Gasteiger partial charge in [0, 0.05) is 19.8 Å². The van der Waals surface area contributed by atoms with Crippen molar-refractivity contribution < 1.29 is 32.5 Å². The van der Waals surface area contributed by atoms with Crippen molar-refractivity contribution in [3.63, 3.8) is 0 Å². The maximum atomic E-state index is 13.0. The Balaban J connectivity index is 2.05. The monoisotopic (exact) mass is 422 g/mol. The van der Waals surface area contributed by atoms with Crippen LogP contribution in [-0.2, 0) is 7.05 Å². The lowest BCUT2D eigenvalue weighted by Gasteiger charge is -2.20. The van der Waals surface area contributed by atoms with Gasteiger partial charge in [0.25, 0.3) is 11.5 Å². The molecule has 1 amide bonds. The molecule has 1 heterocycles. The first-order chi connectivity index (χ1) is 14.0. The summed E-state index contributed by atoms with van der Waals surface area (Å²) in [4.78, 5) is 26.8. The summed E-state index contributed by atoms with van der Waals surface area (Å²) in [6.45, 7) is 0. The second-order valence-electron chi connectivity index (χ2n) is 6.35. The average Bonchev–Trinajstić information content (AvgIpc) is 2.70. The van der Waals surface area contributed by atoms with Crippen LogP contribution in [0, 0.1) is 0 Å². The number of carbonyl (C=O) groups excluding carboxylic acids is 1. The number of methoxy groups -OCH3 is 1. The van der Waals surface area contributed by atoms with Crippen molar-refractivity contribution in [1.29, 1.82) is 0 Å². The van der Waals surface area contributed by atoms with Crippen LogP contribution >= 0.6 is 0 Å². The molecule has 0 aliphatic rings. The van der Waals surface area contributed by atoms with Gasteiger partial charge in [-0.05, 0) is 36.4 Å². The summed E-state index contributed by atoms with van der Waals surface area (Å²) < 4.78 is 47.1. The number of pyridine rings is 1. The number of benzene rings is 2. The van der Waals surface area contributed by atoms with Gasteiger partial charge in [0.05, 0.1) is 18.0 Å². The minimum absolute atomic E-state index is 0.188. The zero-order valence-corrected chi connectivity index (χ0v) is 16.1. The molecule has 0 aliphatic carbocycles. The van der Waals surface area contributed by atoms with Crippen LogP contribution in [0.5, 0.6) is 17.2 Å². The van der Waals surface area contributed by atoms with E-state index in [0.717, 1.165) is 17.0 Å². The minimum Gasteiger partial charge on any atom is -0.506 e. The number of hydrogen-bond donors (Lipinski definition) is 1. The third-order valence-electron chi connectivity index (χ3n) is 4.55. The number of amides is 1. The molecule has 0 saturated carbocycles. The van der Waals surface area contributed by atoms with E-state index >= 15 is 0 Å².